The molecule has 1 heterocycles. The zero-order valence-electron chi connectivity index (χ0n) is 10.9. The van der Waals surface area contributed by atoms with Crippen LogP contribution in [0.4, 0.5) is 0 Å². The van der Waals surface area contributed by atoms with Crippen LogP contribution in [0, 0.1) is 0 Å². The number of aryl methyl sites for hydroxylation is 1. The number of hydrogen-bond acceptors (Lipinski definition) is 3. The fourth-order valence-electron chi connectivity index (χ4n) is 1.73. The average Bonchev–Trinajstić information content (AvgIpc) is 2.38. The minimum absolute atomic E-state index is 0.00100. The maximum atomic E-state index is 11.5. The molecule has 1 rings (SSSR count). The van der Waals surface area contributed by atoms with Crippen LogP contribution in [-0.2, 0) is 11.2 Å². The van der Waals surface area contributed by atoms with E-state index in [-0.39, 0.29) is 5.91 Å². The lowest BCUT2D eigenvalue weighted by atomic mass is 10.1. The quantitative estimate of drug-likeness (QED) is 0.738. The minimum atomic E-state index is -0.422. The SMILES string of the molecule is CCCC(O)CNC(=O)CCCc1ccccn1. The predicted octanol–water partition coefficient (Wildman–Crippen LogP) is 1.68. The Balaban J connectivity index is 2.10. The predicted molar refractivity (Wildman–Crippen MR) is 71.1 cm³/mol. The van der Waals surface area contributed by atoms with Crippen molar-refractivity contribution in [3.63, 3.8) is 0 Å². The first-order chi connectivity index (χ1) is 8.72. The largest absolute Gasteiger partial charge is 0.391 e. The zero-order valence-corrected chi connectivity index (χ0v) is 10.9. The van der Waals surface area contributed by atoms with Crippen molar-refractivity contribution >= 4 is 5.91 Å². The van der Waals surface area contributed by atoms with Crippen LogP contribution in [0.3, 0.4) is 0 Å². The Labute approximate surface area is 108 Å². The molecule has 4 heteroatoms. The Kier molecular flexibility index (Phi) is 7.03. The monoisotopic (exact) mass is 250 g/mol. The van der Waals surface area contributed by atoms with Crippen LogP contribution < -0.4 is 5.32 Å². The summed E-state index contributed by atoms with van der Waals surface area (Å²) in [5.74, 6) is 0.00100. The topological polar surface area (TPSA) is 62.2 Å². The van der Waals surface area contributed by atoms with E-state index in [1.54, 1.807) is 6.20 Å². The van der Waals surface area contributed by atoms with Gasteiger partial charge in [0, 0.05) is 24.9 Å². The lowest BCUT2D eigenvalue weighted by Gasteiger charge is -2.10. The molecule has 0 bridgehead atoms. The molecule has 0 aliphatic carbocycles. The standard InChI is InChI=1S/C14H22N2O2/c1-2-6-13(17)11-16-14(18)9-5-8-12-7-3-4-10-15-12/h3-4,7,10,13,17H,2,5-6,8-9,11H2,1H3,(H,16,18). The van der Waals surface area contributed by atoms with E-state index in [4.69, 9.17) is 0 Å². The molecule has 1 aromatic heterocycles. The van der Waals surface area contributed by atoms with Crippen LogP contribution in [0.5, 0.6) is 0 Å². The summed E-state index contributed by atoms with van der Waals surface area (Å²) in [5.41, 5.74) is 1.01. The van der Waals surface area contributed by atoms with Crippen molar-refractivity contribution < 1.29 is 9.90 Å². The molecular weight excluding hydrogens is 228 g/mol. The van der Waals surface area contributed by atoms with Crippen LogP contribution in [0.25, 0.3) is 0 Å². The Hall–Kier alpha value is -1.42. The number of nitrogens with one attached hydrogen (secondary N) is 1. The molecule has 0 aliphatic rings. The first-order valence-corrected chi connectivity index (χ1v) is 6.57. The molecule has 1 unspecified atom stereocenters. The molecule has 4 nitrogen and oxygen atoms in total. The third-order valence-electron chi connectivity index (χ3n) is 2.72. The number of amides is 1. The number of carbonyl (C=O) groups excluding carboxylic acids is 1. The van der Waals surface area contributed by atoms with E-state index in [0.717, 1.165) is 31.4 Å². The number of aliphatic hydroxyl groups is 1. The smallest absolute Gasteiger partial charge is 0.220 e. The molecule has 100 valence electrons. The molecule has 1 atom stereocenters. The molecule has 0 saturated heterocycles. The molecular formula is C14H22N2O2. The van der Waals surface area contributed by atoms with Crippen LogP contribution in [0.15, 0.2) is 24.4 Å². The number of pyridine rings is 1. The van der Waals surface area contributed by atoms with Crippen LogP contribution >= 0.6 is 0 Å². The van der Waals surface area contributed by atoms with Gasteiger partial charge in [0.15, 0.2) is 0 Å². The third kappa shape index (κ3) is 6.35. The summed E-state index contributed by atoms with van der Waals surface area (Å²) in [6.45, 7) is 2.37. The molecule has 0 aliphatic heterocycles. The molecule has 2 N–H and O–H groups in total. The van der Waals surface area contributed by atoms with E-state index in [9.17, 15) is 9.90 Å². The number of carbonyl (C=O) groups is 1. The lowest BCUT2D eigenvalue weighted by molar-refractivity contribution is -0.121. The van der Waals surface area contributed by atoms with Gasteiger partial charge in [-0.05, 0) is 31.4 Å². The summed E-state index contributed by atoms with van der Waals surface area (Å²) < 4.78 is 0. The van der Waals surface area contributed by atoms with Gasteiger partial charge in [-0.3, -0.25) is 9.78 Å². The Morgan fingerprint density at radius 1 is 1.50 bits per heavy atom. The van der Waals surface area contributed by atoms with E-state index < -0.39 is 6.10 Å². The van der Waals surface area contributed by atoms with Gasteiger partial charge in [0.2, 0.25) is 5.91 Å². The van der Waals surface area contributed by atoms with Crippen LogP contribution in [0.1, 0.15) is 38.3 Å². The Morgan fingerprint density at radius 3 is 3.00 bits per heavy atom. The van der Waals surface area contributed by atoms with Gasteiger partial charge >= 0.3 is 0 Å². The molecule has 0 spiro atoms. The lowest BCUT2D eigenvalue weighted by Crippen LogP contribution is -2.31. The van der Waals surface area contributed by atoms with Gasteiger partial charge in [-0.2, -0.15) is 0 Å². The molecule has 1 amide bonds. The van der Waals surface area contributed by atoms with Crippen molar-refractivity contribution in [1.82, 2.24) is 10.3 Å². The van der Waals surface area contributed by atoms with Gasteiger partial charge in [-0.1, -0.05) is 19.4 Å². The van der Waals surface area contributed by atoms with Crippen molar-refractivity contribution in [3.05, 3.63) is 30.1 Å². The number of hydrogen-bond donors (Lipinski definition) is 2. The highest BCUT2D eigenvalue weighted by Crippen LogP contribution is 2.01. The van der Waals surface area contributed by atoms with Crippen molar-refractivity contribution in [1.29, 1.82) is 0 Å². The fourth-order valence-corrected chi connectivity index (χ4v) is 1.73. The van der Waals surface area contributed by atoms with Gasteiger partial charge in [0.25, 0.3) is 0 Å². The van der Waals surface area contributed by atoms with Crippen LogP contribution in [0.2, 0.25) is 0 Å². The first kappa shape index (κ1) is 14.6. The fraction of sp³-hybridized carbons (Fsp3) is 0.571. The molecule has 0 saturated carbocycles. The van der Waals surface area contributed by atoms with E-state index >= 15 is 0 Å². The van der Waals surface area contributed by atoms with Crippen molar-refractivity contribution in [2.45, 2.75) is 45.1 Å². The number of aromatic nitrogens is 1. The van der Waals surface area contributed by atoms with Crippen molar-refractivity contribution in [3.8, 4) is 0 Å². The third-order valence-corrected chi connectivity index (χ3v) is 2.72. The molecule has 18 heavy (non-hydrogen) atoms. The van der Waals surface area contributed by atoms with Gasteiger partial charge in [-0.15, -0.1) is 0 Å². The van der Waals surface area contributed by atoms with E-state index in [1.807, 2.05) is 25.1 Å². The van der Waals surface area contributed by atoms with Gasteiger partial charge < -0.3 is 10.4 Å². The summed E-state index contributed by atoms with van der Waals surface area (Å²) in [7, 11) is 0. The van der Waals surface area contributed by atoms with E-state index in [0.29, 0.717) is 13.0 Å². The number of aliphatic hydroxyl groups excluding tert-OH is 1. The summed E-state index contributed by atoms with van der Waals surface area (Å²) in [6, 6.07) is 5.79. The second-order valence-electron chi connectivity index (χ2n) is 4.42. The normalized spacial score (nSPS) is 12.1. The highest BCUT2D eigenvalue weighted by Gasteiger charge is 2.06. The number of nitrogens with zero attached hydrogens (tertiary/aromatic N) is 1. The molecule has 0 radical (unpaired) electrons. The summed E-state index contributed by atoms with van der Waals surface area (Å²) in [4.78, 5) is 15.7. The van der Waals surface area contributed by atoms with Crippen LogP contribution in [-0.4, -0.2) is 28.6 Å². The number of rotatable bonds is 8. The van der Waals surface area contributed by atoms with Crippen molar-refractivity contribution in [2.24, 2.45) is 0 Å². The Bertz CT molecular complexity index is 341. The average molecular weight is 250 g/mol. The maximum absolute atomic E-state index is 11.5. The zero-order chi connectivity index (χ0) is 13.2. The van der Waals surface area contributed by atoms with Gasteiger partial charge in [0.05, 0.1) is 6.10 Å². The van der Waals surface area contributed by atoms with Gasteiger partial charge in [-0.25, -0.2) is 0 Å². The second kappa shape index (κ2) is 8.64. The summed E-state index contributed by atoms with van der Waals surface area (Å²) >= 11 is 0. The minimum Gasteiger partial charge on any atom is -0.391 e. The highest BCUT2D eigenvalue weighted by molar-refractivity contribution is 5.75. The summed E-state index contributed by atoms with van der Waals surface area (Å²) in [5, 5.41) is 12.2. The molecule has 0 aromatic carbocycles. The second-order valence-corrected chi connectivity index (χ2v) is 4.42. The van der Waals surface area contributed by atoms with E-state index in [2.05, 4.69) is 10.3 Å². The highest BCUT2D eigenvalue weighted by atomic mass is 16.3. The maximum Gasteiger partial charge on any atom is 0.220 e. The molecule has 1 aromatic rings. The van der Waals surface area contributed by atoms with Gasteiger partial charge in [0.1, 0.15) is 0 Å². The first-order valence-electron chi connectivity index (χ1n) is 6.57. The van der Waals surface area contributed by atoms with E-state index in [1.165, 1.54) is 0 Å². The molecule has 0 fully saturated rings. The Morgan fingerprint density at radius 2 is 2.33 bits per heavy atom. The summed E-state index contributed by atoms with van der Waals surface area (Å²) in [6.07, 6.45) is 5.07. The van der Waals surface area contributed by atoms with Crippen molar-refractivity contribution in [2.75, 3.05) is 6.54 Å².